The van der Waals surface area contributed by atoms with Gasteiger partial charge in [-0.2, -0.15) is 0 Å². The van der Waals surface area contributed by atoms with Gasteiger partial charge in [-0.3, -0.25) is 19.1 Å². The molecule has 2 aromatic heterocycles. The van der Waals surface area contributed by atoms with E-state index in [0.29, 0.717) is 24.7 Å². The number of hydrogen-bond donors (Lipinski definition) is 0. The van der Waals surface area contributed by atoms with Crippen molar-refractivity contribution >= 4 is 11.9 Å². The molecule has 7 heteroatoms. The number of fused-ring (bicyclic) bond motifs is 2. The second-order valence-electron chi connectivity index (χ2n) is 6.79. The Morgan fingerprint density at radius 1 is 1.16 bits per heavy atom. The third-order valence-electron chi connectivity index (χ3n) is 5.25. The molecule has 7 nitrogen and oxygen atoms in total. The van der Waals surface area contributed by atoms with Gasteiger partial charge in [0.15, 0.2) is 0 Å². The summed E-state index contributed by atoms with van der Waals surface area (Å²) in [5.41, 5.74) is 1.46. The molecule has 2 saturated heterocycles. The summed E-state index contributed by atoms with van der Waals surface area (Å²) in [6, 6.07) is 5.70. The second kappa shape index (κ2) is 5.98. The fourth-order valence-electron chi connectivity index (χ4n) is 3.92. The maximum absolute atomic E-state index is 12.5. The minimum atomic E-state index is -0.0785. The second-order valence-corrected chi connectivity index (χ2v) is 6.79. The summed E-state index contributed by atoms with van der Waals surface area (Å²) < 4.78 is 1.61. The van der Waals surface area contributed by atoms with E-state index < -0.39 is 0 Å². The molecule has 1 amide bonds. The summed E-state index contributed by atoms with van der Waals surface area (Å²) in [5, 5.41) is 0. The Morgan fingerprint density at radius 2 is 1.80 bits per heavy atom. The van der Waals surface area contributed by atoms with Crippen LogP contribution in [-0.2, 0) is 11.8 Å². The van der Waals surface area contributed by atoms with E-state index in [1.54, 1.807) is 37.0 Å². The number of piperazine rings is 1. The number of carbonyl (C=O) groups is 1. The normalized spacial score (nSPS) is 22.3. The minimum absolute atomic E-state index is 0.0785. The zero-order chi connectivity index (χ0) is 17.6. The molecule has 4 rings (SSSR count). The predicted molar refractivity (Wildman–Crippen MR) is 94.3 cm³/mol. The highest BCUT2D eigenvalue weighted by molar-refractivity contribution is 5.74. The molecule has 2 aromatic rings. The van der Waals surface area contributed by atoms with E-state index in [2.05, 4.69) is 9.88 Å². The standard InChI is InChI=1S/C18H21N5O2/c1-12(24)22-10-14-3-4-15(11-22)23(14)18-20-16(9-17(25)21(18)2)13-5-7-19-8-6-13/h5-9,14-15H,3-4,10-11H2,1-2H3/t14-,15+. The van der Waals surface area contributed by atoms with Crippen LogP contribution >= 0.6 is 0 Å². The quantitative estimate of drug-likeness (QED) is 0.818. The van der Waals surface area contributed by atoms with Crippen LogP contribution in [0.1, 0.15) is 19.8 Å². The first-order chi connectivity index (χ1) is 12.0. The molecule has 0 N–H and O–H groups in total. The van der Waals surface area contributed by atoms with E-state index in [9.17, 15) is 9.59 Å². The fourth-order valence-corrected chi connectivity index (χ4v) is 3.92. The zero-order valence-electron chi connectivity index (χ0n) is 14.4. The smallest absolute Gasteiger partial charge is 0.255 e. The maximum atomic E-state index is 12.5. The molecule has 0 saturated carbocycles. The lowest BCUT2D eigenvalue weighted by Gasteiger charge is -2.41. The molecule has 130 valence electrons. The highest BCUT2D eigenvalue weighted by Gasteiger charge is 2.42. The lowest BCUT2D eigenvalue weighted by Crippen LogP contribution is -2.56. The van der Waals surface area contributed by atoms with Gasteiger partial charge in [-0.05, 0) is 25.0 Å². The molecule has 2 aliphatic heterocycles. The van der Waals surface area contributed by atoms with Crippen LogP contribution in [0.5, 0.6) is 0 Å². The lowest BCUT2D eigenvalue weighted by molar-refractivity contribution is -0.129. The molecular weight excluding hydrogens is 318 g/mol. The monoisotopic (exact) mass is 339 g/mol. The topological polar surface area (TPSA) is 71.3 Å². The van der Waals surface area contributed by atoms with E-state index >= 15 is 0 Å². The van der Waals surface area contributed by atoms with Gasteiger partial charge in [0.1, 0.15) is 0 Å². The Labute approximate surface area is 145 Å². The Bertz CT molecular complexity index is 850. The van der Waals surface area contributed by atoms with Crippen molar-refractivity contribution in [1.29, 1.82) is 0 Å². The van der Waals surface area contributed by atoms with E-state index in [0.717, 1.165) is 18.4 Å². The number of amides is 1. The van der Waals surface area contributed by atoms with Crippen molar-refractivity contribution in [2.75, 3.05) is 18.0 Å². The molecule has 0 radical (unpaired) electrons. The van der Waals surface area contributed by atoms with Crippen LogP contribution < -0.4 is 10.5 Å². The molecule has 4 heterocycles. The summed E-state index contributed by atoms with van der Waals surface area (Å²) in [5.74, 6) is 0.805. The number of carbonyl (C=O) groups excluding carboxylic acids is 1. The fraction of sp³-hybridized carbons (Fsp3) is 0.444. The third kappa shape index (κ3) is 2.69. The van der Waals surface area contributed by atoms with Crippen LogP contribution in [0.3, 0.4) is 0 Å². The highest BCUT2D eigenvalue weighted by Crippen LogP contribution is 2.34. The Morgan fingerprint density at radius 3 is 2.40 bits per heavy atom. The van der Waals surface area contributed by atoms with Gasteiger partial charge < -0.3 is 9.80 Å². The van der Waals surface area contributed by atoms with Crippen LogP contribution in [0.15, 0.2) is 35.4 Å². The summed E-state index contributed by atoms with van der Waals surface area (Å²) in [6.07, 6.45) is 5.43. The molecule has 0 unspecified atom stereocenters. The van der Waals surface area contributed by atoms with Crippen molar-refractivity contribution in [1.82, 2.24) is 19.4 Å². The largest absolute Gasteiger partial charge is 0.339 e. The van der Waals surface area contributed by atoms with Crippen LogP contribution in [0.4, 0.5) is 5.95 Å². The SMILES string of the molecule is CC(=O)N1C[C@H]2CC[C@@H](C1)N2c1nc(-c2ccncc2)cc(=O)n1C. The van der Waals surface area contributed by atoms with E-state index in [-0.39, 0.29) is 23.6 Å². The Balaban J connectivity index is 1.75. The van der Waals surface area contributed by atoms with Crippen molar-refractivity contribution < 1.29 is 4.79 Å². The molecule has 2 bridgehead atoms. The van der Waals surface area contributed by atoms with E-state index in [1.165, 1.54) is 0 Å². The minimum Gasteiger partial charge on any atom is -0.339 e. The average Bonchev–Trinajstić information content (AvgIpc) is 2.86. The van der Waals surface area contributed by atoms with Crippen molar-refractivity contribution in [3.8, 4) is 11.3 Å². The first-order valence-corrected chi connectivity index (χ1v) is 8.57. The van der Waals surface area contributed by atoms with Crippen LogP contribution in [0, 0.1) is 0 Å². The van der Waals surface area contributed by atoms with Crippen molar-refractivity contribution in [2.24, 2.45) is 7.05 Å². The van der Waals surface area contributed by atoms with Gasteiger partial charge >= 0.3 is 0 Å². The summed E-state index contributed by atoms with van der Waals surface area (Å²) in [7, 11) is 1.76. The summed E-state index contributed by atoms with van der Waals surface area (Å²) in [6.45, 7) is 3.01. The number of aromatic nitrogens is 3. The Kier molecular flexibility index (Phi) is 3.78. The van der Waals surface area contributed by atoms with E-state index in [1.807, 2.05) is 17.0 Å². The molecule has 25 heavy (non-hydrogen) atoms. The lowest BCUT2D eigenvalue weighted by atomic mass is 10.2. The molecule has 0 spiro atoms. The van der Waals surface area contributed by atoms with Crippen LogP contribution in [-0.4, -0.2) is 50.5 Å². The van der Waals surface area contributed by atoms with E-state index in [4.69, 9.17) is 4.98 Å². The van der Waals surface area contributed by atoms with Gasteiger partial charge in [-0.15, -0.1) is 0 Å². The molecular formula is C18H21N5O2. The summed E-state index contributed by atoms with van der Waals surface area (Å²) in [4.78, 5) is 37.2. The zero-order valence-corrected chi connectivity index (χ0v) is 14.4. The number of nitrogens with zero attached hydrogens (tertiary/aromatic N) is 5. The predicted octanol–water partition coefficient (Wildman–Crippen LogP) is 1.04. The molecule has 2 aliphatic rings. The number of pyridine rings is 1. The molecule has 0 aliphatic carbocycles. The first-order valence-electron chi connectivity index (χ1n) is 8.57. The van der Waals surface area contributed by atoms with Crippen LogP contribution in [0.25, 0.3) is 11.3 Å². The molecule has 0 aromatic carbocycles. The van der Waals surface area contributed by atoms with Gasteiger partial charge in [0.25, 0.3) is 5.56 Å². The van der Waals surface area contributed by atoms with Gasteiger partial charge in [0.05, 0.1) is 5.69 Å². The van der Waals surface area contributed by atoms with Crippen molar-refractivity contribution in [3.63, 3.8) is 0 Å². The van der Waals surface area contributed by atoms with Crippen molar-refractivity contribution in [3.05, 3.63) is 40.9 Å². The van der Waals surface area contributed by atoms with Crippen molar-refractivity contribution in [2.45, 2.75) is 31.8 Å². The number of hydrogen-bond acceptors (Lipinski definition) is 5. The van der Waals surface area contributed by atoms with Gasteiger partial charge in [0, 0.05) is 63.2 Å². The van der Waals surface area contributed by atoms with Gasteiger partial charge in [-0.1, -0.05) is 0 Å². The molecule has 2 atom stereocenters. The van der Waals surface area contributed by atoms with Gasteiger partial charge in [-0.25, -0.2) is 4.98 Å². The maximum Gasteiger partial charge on any atom is 0.255 e. The molecule has 2 fully saturated rings. The third-order valence-corrected chi connectivity index (χ3v) is 5.25. The van der Waals surface area contributed by atoms with Gasteiger partial charge in [0.2, 0.25) is 11.9 Å². The van der Waals surface area contributed by atoms with Crippen LogP contribution in [0.2, 0.25) is 0 Å². The number of anilines is 1. The average molecular weight is 339 g/mol. The summed E-state index contributed by atoms with van der Waals surface area (Å²) >= 11 is 0. The highest BCUT2D eigenvalue weighted by atomic mass is 16.2. The Hall–Kier alpha value is -2.70. The number of rotatable bonds is 2. The number of likely N-dealkylation sites (tertiary alicyclic amines) is 1. The first kappa shape index (κ1) is 15.8.